The molecular formula is C24H31N5O4. The van der Waals surface area contributed by atoms with E-state index in [9.17, 15) is 14.7 Å². The molecule has 0 aliphatic carbocycles. The van der Waals surface area contributed by atoms with E-state index >= 15 is 0 Å². The minimum absolute atomic E-state index is 0.0192. The average Bonchev–Trinajstić information content (AvgIpc) is 2.83. The van der Waals surface area contributed by atoms with Gasteiger partial charge in [-0.1, -0.05) is 30.3 Å². The molecule has 1 heterocycles. The normalized spacial score (nSPS) is 15.8. The quantitative estimate of drug-likeness (QED) is 0.296. The molecule has 33 heavy (non-hydrogen) atoms. The summed E-state index contributed by atoms with van der Waals surface area (Å²) in [7, 11) is 0. The van der Waals surface area contributed by atoms with Crippen LogP contribution in [0.2, 0.25) is 0 Å². The van der Waals surface area contributed by atoms with Crippen molar-refractivity contribution < 1.29 is 19.8 Å². The van der Waals surface area contributed by atoms with E-state index in [1.807, 2.05) is 18.2 Å². The lowest BCUT2D eigenvalue weighted by Crippen LogP contribution is -2.37. The van der Waals surface area contributed by atoms with Crippen LogP contribution in [-0.2, 0) is 17.8 Å². The van der Waals surface area contributed by atoms with E-state index in [2.05, 4.69) is 21.3 Å². The summed E-state index contributed by atoms with van der Waals surface area (Å²) in [5.74, 6) is -1.09. The summed E-state index contributed by atoms with van der Waals surface area (Å²) in [6.45, 7) is 2.32. The van der Waals surface area contributed by atoms with Crippen molar-refractivity contribution in [2.24, 2.45) is 22.4 Å². The second-order valence-corrected chi connectivity index (χ2v) is 8.24. The van der Waals surface area contributed by atoms with E-state index in [0.717, 1.165) is 42.7 Å². The first kappa shape index (κ1) is 24.2. The van der Waals surface area contributed by atoms with Gasteiger partial charge in [-0.2, -0.15) is 0 Å². The van der Waals surface area contributed by atoms with Crippen LogP contribution in [0.25, 0.3) is 0 Å². The summed E-state index contributed by atoms with van der Waals surface area (Å²) in [4.78, 5) is 30.0. The van der Waals surface area contributed by atoms with Gasteiger partial charge < -0.3 is 26.6 Å². The van der Waals surface area contributed by atoms with Crippen molar-refractivity contribution in [1.29, 1.82) is 0 Å². The number of guanidine groups is 1. The number of anilines is 1. The fraction of sp³-hybridized carbons (Fsp3) is 0.375. The Morgan fingerprint density at radius 1 is 1.12 bits per heavy atom. The predicted octanol–water partition coefficient (Wildman–Crippen LogP) is 1.09. The van der Waals surface area contributed by atoms with Crippen molar-refractivity contribution >= 4 is 23.5 Å². The number of aliphatic imine (C=N–C) groups is 1. The molecule has 1 amide bonds. The molecule has 9 heteroatoms. The van der Waals surface area contributed by atoms with Gasteiger partial charge >= 0.3 is 5.97 Å². The summed E-state index contributed by atoms with van der Waals surface area (Å²) in [5, 5.41) is 20.8. The molecule has 0 aromatic heterocycles. The zero-order valence-corrected chi connectivity index (χ0v) is 18.5. The molecule has 1 aliphatic rings. The van der Waals surface area contributed by atoms with Gasteiger partial charge in [-0.05, 0) is 54.5 Å². The number of amides is 1. The van der Waals surface area contributed by atoms with Crippen molar-refractivity contribution in [2.45, 2.75) is 31.8 Å². The van der Waals surface area contributed by atoms with Crippen molar-refractivity contribution in [1.82, 2.24) is 5.32 Å². The lowest BCUT2D eigenvalue weighted by atomic mass is 9.97. The summed E-state index contributed by atoms with van der Waals surface area (Å²) in [6, 6.07) is 13.5. The fourth-order valence-corrected chi connectivity index (χ4v) is 3.84. The highest BCUT2D eigenvalue weighted by atomic mass is 16.4. The maximum atomic E-state index is 12.5. The Kier molecular flexibility index (Phi) is 8.39. The average molecular weight is 454 g/mol. The van der Waals surface area contributed by atoms with Crippen LogP contribution in [0.5, 0.6) is 0 Å². The number of carboxylic acids is 1. The molecule has 176 valence electrons. The smallest absolute Gasteiger partial charge is 0.320 e. The van der Waals surface area contributed by atoms with Crippen LogP contribution >= 0.6 is 0 Å². The molecule has 2 aromatic carbocycles. The highest BCUT2D eigenvalue weighted by Gasteiger charge is 2.20. The number of hydrogen-bond donors (Lipinski definition) is 5. The Labute approximate surface area is 193 Å². The first-order valence-corrected chi connectivity index (χ1v) is 11.0. The van der Waals surface area contributed by atoms with Crippen LogP contribution in [0.1, 0.15) is 34.3 Å². The number of carbonyl (C=O) groups excluding carboxylic acids is 1. The molecule has 0 bridgehead atoms. The van der Waals surface area contributed by atoms with Crippen LogP contribution in [0.4, 0.5) is 5.69 Å². The van der Waals surface area contributed by atoms with E-state index in [1.165, 1.54) is 0 Å². The topological polar surface area (TPSA) is 154 Å². The van der Waals surface area contributed by atoms with E-state index < -0.39 is 17.9 Å². The molecule has 2 aromatic rings. The summed E-state index contributed by atoms with van der Waals surface area (Å²) >= 11 is 0. The van der Waals surface area contributed by atoms with E-state index in [4.69, 9.17) is 16.6 Å². The Morgan fingerprint density at radius 3 is 2.42 bits per heavy atom. The third-order valence-corrected chi connectivity index (χ3v) is 5.86. The largest absolute Gasteiger partial charge is 0.480 e. The molecule has 7 N–H and O–H groups in total. The van der Waals surface area contributed by atoms with Crippen molar-refractivity contribution in [3.63, 3.8) is 0 Å². The third-order valence-electron chi connectivity index (χ3n) is 5.86. The number of aliphatic hydroxyl groups excluding tert-OH is 1. The number of aliphatic carboxylic acids is 1. The zero-order valence-electron chi connectivity index (χ0n) is 18.5. The van der Waals surface area contributed by atoms with E-state index in [1.54, 1.807) is 24.3 Å². The number of carboxylic acid groups (broad SMARTS) is 1. The number of aliphatic hydroxyl groups is 1. The second-order valence-electron chi connectivity index (χ2n) is 8.24. The summed E-state index contributed by atoms with van der Waals surface area (Å²) in [5.41, 5.74) is 14.7. The zero-order chi connectivity index (χ0) is 23.8. The Hall–Kier alpha value is -3.43. The molecule has 0 spiro atoms. The predicted molar refractivity (Wildman–Crippen MR) is 127 cm³/mol. The number of benzene rings is 2. The molecule has 1 saturated heterocycles. The standard InChI is InChI=1S/C24H31N5O4/c25-20(23(32)33)13-16-5-7-18(8-6-16)22(31)28-24(26)27-14-19-3-1-2-4-21(19)29-11-9-17(15-30)10-12-29/h1-8,17,20,30H,9-15,25H2,(H,32,33)(H3,26,27,28,31)/t20-/m0/s1. The Morgan fingerprint density at radius 2 is 1.79 bits per heavy atom. The van der Waals surface area contributed by atoms with Gasteiger partial charge in [-0.25, -0.2) is 4.99 Å². The van der Waals surface area contributed by atoms with Crippen molar-refractivity contribution in [3.8, 4) is 0 Å². The molecule has 0 saturated carbocycles. The molecule has 3 rings (SSSR count). The number of nitrogens with zero attached hydrogens (tertiary/aromatic N) is 2. The van der Waals surface area contributed by atoms with Crippen molar-refractivity contribution in [3.05, 3.63) is 65.2 Å². The summed E-state index contributed by atoms with van der Waals surface area (Å²) < 4.78 is 0. The second kappa shape index (κ2) is 11.4. The molecule has 1 atom stereocenters. The van der Waals surface area contributed by atoms with Gasteiger partial charge in [0.15, 0.2) is 5.96 Å². The van der Waals surface area contributed by atoms with Gasteiger partial charge in [0.1, 0.15) is 6.04 Å². The molecule has 0 radical (unpaired) electrons. The minimum atomic E-state index is -1.07. The lowest BCUT2D eigenvalue weighted by Gasteiger charge is -2.34. The maximum Gasteiger partial charge on any atom is 0.320 e. The Balaban J connectivity index is 1.58. The third kappa shape index (κ3) is 6.77. The van der Waals surface area contributed by atoms with Crippen LogP contribution in [0.3, 0.4) is 0 Å². The molecule has 9 nitrogen and oxygen atoms in total. The number of hydrogen-bond acceptors (Lipinski definition) is 6. The number of nitrogens with two attached hydrogens (primary N) is 2. The molecule has 0 unspecified atom stereocenters. The monoisotopic (exact) mass is 453 g/mol. The van der Waals surface area contributed by atoms with Gasteiger partial charge in [0, 0.05) is 30.9 Å². The van der Waals surface area contributed by atoms with Crippen LogP contribution in [-0.4, -0.2) is 53.8 Å². The van der Waals surface area contributed by atoms with E-state index in [0.29, 0.717) is 18.0 Å². The molecule has 1 aliphatic heterocycles. The van der Waals surface area contributed by atoms with Crippen LogP contribution in [0.15, 0.2) is 53.5 Å². The SMILES string of the molecule is NC(=NCc1ccccc1N1CCC(CO)CC1)NC(=O)c1ccc(C[C@H](N)C(=O)O)cc1. The van der Waals surface area contributed by atoms with Crippen molar-refractivity contribution in [2.75, 3.05) is 24.6 Å². The number of carbonyl (C=O) groups is 2. The van der Waals surface area contributed by atoms with Crippen LogP contribution in [0, 0.1) is 5.92 Å². The van der Waals surface area contributed by atoms with Gasteiger partial charge in [0.25, 0.3) is 5.91 Å². The first-order valence-electron chi connectivity index (χ1n) is 11.0. The van der Waals surface area contributed by atoms with Gasteiger partial charge in [0.2, 0.25) is 0 Å². The molecular weight excluding hydrogens is 422 g/mol. The first-order chi connectivity index (χ1) is 15.9. The minimum Gasteiger partial charge on any atom is -0.480 e. The number of para-hydroxylation sites is 1. The Bertz CT molecular complexity index is 985. The maximum absolute atomic E-state index is 12.5. The lowest BCUT2D eigenvalue weighted by molar-refractivity contribution is -0.138. The van der Waals surface area contributed by atoms with Crippen LogP contribution < -0.4 is 21.7 Å². The van der Waals surface area contributed by atoms with Gasteiger partial charge in [-0.3, -0.25) is 14.9 Å². The highest BCUT2D eigenvalue weighted by Crippen LogP contribution is 2.26. The van der Waals surface area contributed by atoms with Gasteiger partial charge in [0.05, 0.1) is 6.54 Å². The molecule has 1 fully saturated rings. The van der Waals surface area contributed by atoms with E-state index in [-0.39, 0.29) is 19.0 Å². The highest BCUT2D eigenvalue weighted by molar-refractivity contribution is 6.05. The number of nitrogens with one attached hydrogen (secondary N) is 1. The number of piperidine rings is 1. The van der Waals surface area contributed by atoms with Gasteiger partial charge in [-0.15, -0.1) is 0 Å². The fourth-order valence-electron chi connectivity index (χ4n) is 3.84. The number of rotatable bonds is 8. The summed E-state index contributed by atoms with van der Waals surface area (Å²) in [6.07, 6.45) is 2.08.